The van der Waals surface area contributed by atoms with Gasteiger partial charge in [-0.2, -0.15) is 0 Å². The molecule has 0 aromatic heterocycles. The van der Waals surface area contributed by atoms with Crippen LogP contribution in [0.4, 0.5) is 0 Å². The molecule has 0 aromatic rings. The number of ether oxygens (including phenoxy) is 5. The molecule has 3 fully saturated rings. The third-order valence-electron chi connectivity index (χ3n) is 6.39. The maximum absolute atomic E-state index is 11.5. The Morgan fingerprint density at radius 3 is 1.91 bits per heavy atom. The highest BCUT2D eigenvalue weighted by Gasteiger charge is 2.49. The molecule has 15 heteroatoms. The Balaban J connectivity index is 1.57. The topological polar surface area (TPSA) is 237 Å². The zero-order chi connectivity index (χ0) is 26.0. The Morgan fingerprint density at radius 1 is 0.771 bits per heavy atom. The zero-order valence-electron chi connectivity index (χ0n) is 19.2. The summed E-state index contributed by atoms with van der Waals surface area (Å²) in [5, 5.41) is 82.9. The van der Waals surface area contributed by atoms with E-state index in [2.05, 4.69) is 5.32 Å². The van der Waals surface area contributed by atoms with Crippen molar-refractivity contribution in [3.63, 3.8) is 0 Å². The quantitative estimate of drug-likeness (QED) is 0.147. The van der Waals surface area contributed by atoms with E-state index in [1.807, 2.05) is 0 Å². The van der Waals surface area contributed by atoms with Gasteiger partial charge in [0.15, 0.2) is 12.6 Å². The molecular weight excluding hydrogens is 478 g/mol. The number of aliphatic hydroxyl groups is 8. The minimum Gasteiger partial charge on any atom is -0.394 e. The summed E-state index contributed by atoms with van der Waals surface area (Å²) in [4.78, 5) is 11.5. The Kier molecular flexibility index (Phi) is 9.78. The highest BCUT2D eigenvalue weighted by molar-refractivity contribution is 5.73. The van der Waals surface area contributed by atoms with Crippen LogP contribution in [-0.4, -0.2) is 152 Å². The molecule has 3 aliphatic rings. The van der Waals surface area contributed by atoms with Crippen LogP contribution >= 0.6 is 0 Å². The summed E-state index contributed by atoms with van der Waals surface area (Å²) in [6, 6.07) is -1.20. The third-order valence-corrected chi connectivity index (χ3v) is 6.39. The zero-order valence-corrected chi connectivity index (χ0v) is 19.2. The lowest BCUT2D eigenvalue weighted by atomic mass is 9.97. The number of aliphatic hydroxyl groups excluding tert-OH is 8. The van der Waals surface area contributed by atoms with Crippen LogP contribution in [0, 0.1) is 0 Å². The summed E-state index contributed by atoms with van der Waals surface area (Å²) in [5.41, 5.74) is 0. The average molecular weight is 513 g/mol. The molecule has 1 unspecified atom stereocenters. The largest absolute Gasteiger partial charge is 0.394 e. The first-order chi connectivity index (χ1) is 16.5. The molecule has 3 heterocycles. The van der Waals surface area contributed by atoms with E-state index >= 15 is 0 Å². The molecule has 0 radical (unpaired) electrons. The van der Waals surface area contributed by atoms with E-state index in [4.69, 9.17) is 23.7 Å². The van der Waals surface area contributed by atoms with Crippen LogP contribution in [0.3, 0.4) is 0 Å². The Bertz CT molecular complexity index is 701. The Morgan fingerprint density at radius 2 is 1.34 bits per heavy atom. The summed E-state index contributed by atoms with van der Waals surface area (Å²) in [7, 11) is 0. The first-order valence-electron chi connectivity index (χ1n) is 11.3. The van der Waals surface area contributed by atoms with E-state index < -0.39 is 98.3 Å². The lowest BCUT2D eigenvalue weighted by Crippen LogP contribution is -2.64. The predicted octanol–water partition coefficient (Wildman–Crippen LogP) is -5.72. The molecule has 14 atom stereocenters. The Hall–Kier alpha value is -1.05. The van der Waals surface area contributed by atoms with Crippen LogP contribution in [0.5, 0.6) is 0 Å². The lowest BCUT2D eigenvalue weighted by molar-refractivity contribution is -0.292. The van der Waals surface area contributed by atoms with Gasteiger partial charge >= 0.3 is 0 Å². The highest BCUT2D eigenvalue weighted by Crippen LogP contribution is 2.28. The molecule has 1 amide bonds. The van der Waals surface area contributed by atoms with E-state index in [-0.39, 0.29) is 13.2 Å². The van der Waals surface area contributed by atoms with E-state index in [1.165, 1.54) is 13.8 Å². The number of rotatable bonds is 8. The van der Waals surface area contributed by atoms with Gasteiger partial charge in [0.1, 0.15) is 67.1 Å². The second-order valence-corrected chi connectivity index (χ2v) is 8.97. The first-order valence-corrected chi connectivity index (χ1v) is 11.3. The highest BCUT2D eigenvalue weighted by atomic mass is 16.7. The smallest absolute Gasteiger partial charge is 0.217 e. The van der Waals surface area contributed by atoms with Crippen molar-refractivity contribution in [2.24, 2.45) is 0 Å². The minimum atomic E-state index is -1.54. The number of amides is 1. The van der Waals surface area contributed by atoms with Crippen LogP contribution in [0.25, 0.3) is 0 Å². The molecule has 9 N–H and O–H groups in total. The van der Waals surface area contributed by atoms with Gasteiger partial charge in [-0.1, -0.05) is 0 Å². The molecule has 3 saturated heterocycles. The summed E-state index contributed by atoms with van der Waals surface area (Å²) in [5.74, 6) is -0.540. The fourth-order valence-corrected chi connectivity index (χ4v) is 4.31. The second-order valence-electron chi connectivity index (χ2n) is 8.97. The number of carbonyl (C=O) groups excluding carboxylic acids is 1. The lowest BCUT2D eigenvalue weighted by Gasteiger charge is -2.42. The maximum Gasteiger partial charge on any atom is 0.217 e. The molecule has 3 rings (SSSR count). The summed E-state index contributed by atoms with van der Waals surface area (Å²) < 4.78 is 27.1. The summed E-state index contributed by atoms with van der Waals surface area (Å²) in [6.07, 6.45) is -17.1. The maximum atomic E-state index is 11.5. The van der Waals surface area contributed by atoms with E-state index in [0.717, 1.165) is 0 Å². The normalized spacial score (nSPS) is 48.6. The van der Waals surface area contributed by atoms with Gasteiger partial charge in [-0.3, -0.25) is 4.79 Å². The SMILES string of the molecule is CC(=O)N[C@@H]1[C@H](OC[C@H]2O[C@H](CO[C@H]3C(O)O[C@@H](C)[C@H](O)[C@H]3O)[C@@H](O)[C@H]2O)O[C@H](CO)[C@@H](O)[C@@H]1O. The number of carbonyl (C=O) groups is 1. The molecule has 0 saturated carbocycles. The fourth-order valence-electron chi connectivity index (χ4n) is 4.31. The molecule has 204 valence electrons. The van der Waals surface area contributed by atoms with Crippen LogP contribution in [0.2, 0.25) is 0 Å². The van der Waals surface area contributed by atoms with Crippen molar-refractivity contribution < 1.29 is 69.3 Å². The molecule has 3 aliphatic heterocycles. The molecular formula is C20H35NO14. The van der Waals surface area contributed by atoms with Gasteiger partial charge in [0.2, 0.25) is 5.91 Å². The van der Waals surface area contributed by atoms with Gasteiger partial charge < -0.3 is 69.9 Å². The third kappa shape index (κ3) is 6.27. The predicted molar refractivity (Wildman–Crippen MR) is 110 cm³/mol. The second kappa shape index (κ2) is 12.0. The minimum absolute atomic E-state index is 0.384. The van der Waals surface area contributed by atoms with Crippen LogP contribution in [-0.2, 0) is 28.5 Å². The van der Waals surface area contributed by atoms with Crippen molar-refractivity contribution in [3.8, 4) is 0 Å². The number of hydrogen-bond donors (Lipinski definition) is 9. The van der Waals surface area contributed by atoms with Crippen molar-refractivity contribution in [1.29, 1.82) is 0 Å². The molecule has 0 aromatic carbocycles. The van der Waals surface area contributed by atoms with Crippen molar-refractivity contribution in [2.75, 3.05) is 19.8 Å². The van der Waals surface area contributed by atoms with Gasteiger partial charge in [0.25, 0.3) is 0 Å². The average Bonchev–Trinajstić information content (AvgIpc) is 3.07. The fraction of sp³-hybridized carbons (Fsp3) is 0.950. The van der Waals surface area contributed by atoms with Crippen molar-refractivity contribution in [3.05, 3.63) is 0 Å². The van der Waals surface area contributed by atoms with Crippen molar-refractivity contribution in [2.45, 2.75) is 99.6 Å². The van der Waals surface area contributed by atoms with Gasteiger partial charge in [0.05, 0.1) is 25.9 Å². The standard InChI is InChI=1S/C20H35NO14/c1-6-12(24)17(29)18(19(30)33-6)31-4-9-14(26)15(27)10(34-9)5-32-20-11(21-7(2)23)16(28)13(25)8(3-22)35-20/h6,8-20,22,24-30H,3-5H2,1-2H3,(H,21,23)/t6-,8+,9+,10+,11-,12-,13+,14+,15-,16+,17+,18+,19?,20+/m0/s1. The number of nitrogens with one attached hydrogen (secondary N) is 1. The van der Waals surface area contributed by atoms with Crippen LogP contribution in [0.1, 0.15) is 13.8 Å². The van der Waals surface area contributed by atoms with E-state index in [0.29, 0.717) is 0 Å². The van der Waals surface area contributed by atoms with Gasteiger partial charge in [-0.05, 0) is 6.92 Å². The number of hydrogen-bond acceptors (Lipinski definition) is 14. The molecule has 0 spiro atoms. The van der Waals surface area contributed by atoms with Gasteiger partial charge in [0, 0.05) is 6.92 Å². The van der Waals surface area contributed by atoms with Crippen molar-refractivity contribution in [1.82, 2.24) is 5.32 Å². The molecule has 35 heavy (non-hydrogen) atoms. The van der Waals surface area contributed by atoms with Crippen molar-refractivity contribution >= 4 is 5.91 Å². The van der Waals surface area contributed by atoms with Gasteiger partial charge in [-0.25, -0.2) is 0 Å². The monoisotopic (exact) mass is 513 g/mol. The first kappa shape index (κ1) is 28.5. The van der Waals surface area contributed by atoms with Crippen LogP contribution < -0.4 is 5.32 Å². The molecule has 0 aliphatic carbocycles. The molecule has 0 bridgehead atoms. The molecule has 15 nitrogen and oxygen atoms in total. The summed E-state index contributed by atoms with van der Waals surface area (Å²) >= 11 is 0. The van der Waals surface area contributed by atoms with Gasteiger partial charge in [-0.15, -0.1) is 0 Å². The van der Waals surface area contributed by atoms with Crippen LogP contribution in [0.15, 0.2) is 0 Å². The Labute approximate surface area is 200 Å². The van der Waals surface area contributed by atoms with E-state index in [1.54, 1.807) is 0 Å². The van der Waals surface area contributed by atoms with E-state index in [9.17, 15) is 45.6 Å². The summed E-state index contributed by atoms with van der Waals surface area (Å²) in [6.45, 7) is 1.24.